The number of carbonyl (C=O) groups is 1. The molecule has 0 aliphatic carbocycles. The van der Waals surface area contributed by atoms with E-state index in [0.717, 1.165) is 16.4 Å². The number of sulfonamides is 1. The molecule has 0 saturated heterocycles. The van der Waals surface area contributed by atoms with Gasteiger partial charge >= 0.3 is 5.97 Å². The molecule has 0 aromatic heterocycles. The molecule has 0 radical (unpaired) electrons. The van der Waals surface area contributed by atoms with Gasteiger partial charge in [-0.25, -0.2) is 13.2 Å². The molecular weight excluding hydrogens is 348 g/mol. The summed E-state index contributed by atoms with van der Waals surface area (Å²) in [6.07, 6.45) is 0. The van der Waals surface area contributed by atoms with Crippen molar-refractivity contribution >= 4 is 27.4 Å². The van der Waals surface area contributed by atoms with E-state index in [9.17, 15) is 23.3 Å². The molecule has 0 fully saturated rings. The van der Waals surface area contributed by atoms with E-state index in [1.54, 1.807) is 6.92 Å². The number of nitro benzene ring substituents is 1. The van der Waals surface area contributed by atoms with Crippen LogP contribution < -0.4 is 4.31 Å². The molecule has 0 aliphatic rings. The van der Waals surface area contributed by atoms with Gasteiger partial charge in [0.2, 0.25) is 0 Å². The minimum atomic E-state index is -3.89. The minimum Gasteiger partial charge on any atom is -0.465 e. The van der Waals surface area contributed by atoms with Crippen LogP contribution in [0.1, 0.15) is 17.3 Å². The molecule has 2 aromatic carbocycles. The second kappa shape index (κ2) is 7.31. The Labute approximate surface area is 144 Å². The summed E-state index contributed by atoms with van der Waals surface area (Å²) in [6, 6.07) is 10.6. The molecule has 0 spiro atoms. The topological polar surface area (TPSA) is 107 Å². The standard InChI is InChI=1S/C16H16N2O6S/c1-3-17(13-6-4-12(5-7-13)16(19)24-2)25(22,23)15-10-8-14(9-11-15)18(20)21/h4-11H,3H2,1-2H3. The van der Waals surface area contributed by atoms with Gasteiger partial charge in [-0.2, -0.15) is 0 Å². The van der Waals surface area contributed by atoms with E-state index in [2.05, 4.69) is 4.74 Å². The van der Waals surface area contributed by atoms with Gasteiger partial charge in [0.1, 0.15) is 0 Å². The second-order valence-electron chi connectivity index (χ2n) is 4.96. The number of hydrogen-bond acceptors (Lipinski definition) is 6. The van der Waals surface area contributed by atoms with Crippen LogP contribution in [0, 0.1) is 10.1 Å². The predicted octanol–water partition coefficient (Wildman–Crippen LogP) is 2.60. The third-order valence-electron chi connectivity index (χ3n) is 3.50. The average molecular weight is 364 g/mol. The number of non-ortho nitro benzene ring substituents is 1. The molecule has 0 N–H and O–H groups in total. The first kappa shape index (κ1) is 18.4. The smallest absolute Gasteiger partial charge is 0.337 e. The Morgan fingerprint density at radius 3 is 2.12 bits per heavy atom. The van der Waals surface area contributed by atoms with Gasteiger partial charge in [0, 0.05) is 18.7 Å². The van der Waals surface area contributed by atoms with Crippen LogP contribution in [0.5, 0.6) is 0 Å². The fourth-order valence-corrected chi connectivity index (χ4v) is 3.71. The zero-order valence-electron chi connectivity index (χ0n) is 13.6. The molecule has 132 valence electrons. The average Bonchev–Trinajstić information content (AvgIpc) is 2.62. The summed E-state index contributed by atoms with van der Waals surface area (Å²) in [5.41, 5.74) is 0.480. The van der Waals surface area contributed by atoms with Crippen LogP contribution in [0.4, 0.5) is 11.4 Å². The third-order valence-corrected chi connectivity index (χ3v) is 5.42. The van der Waals surface area contributed by atoms with Crippen molar-refractivity contribution in [2.24, 2.45) is 0 Å². The zero-order valence-corrected chi connectivity index (χ0v) is 14.4. The predicted molar refractivity (Wildman–Crippen MR) is 91.1 cm³/mol. The molecule has 0 unspecified atom stereocenters. The Balaban J connectivity index is 2.38. The number of nitrogens with zero attached hydrogens (tertiary/aromatic N) is 2. The number of anilines is 1. The van der Waals surface area contributed by atoms with Crippen LogP contribution in [0.3, 0.4) is 0 Å². The summed E-state index contributed by atoms with van der Waals surface area (Å²) < 4.78 is 31.3. The lowest BCUT2D eigenvalue weighted by atomic mass is 10.2. The lowest BCUT2D eigenvalue weighted by Crippen LogP contribution is -2.30. The SMILES string of the molecule is CCN(c1ccc(C(=O)OC)cc1)S(=O)(=O)c1ccc([N+](=O)[O-])cc1. The van der Waals surface area contributed by atoms with Gasteiger partial charge in [-0.05, 0) is 43.3 Å². The van der Waals surface area contributed by atoms with Crippen molar-refractivity contribution in [2.75, 3.05) is 18.0 Å². The molecular formula is C16H16N2O6S. The number of nitro groups is 1. The molecule has 0 atom stereocenters. The highest BCUT2D eigenvalue weighted by molar-refractivity contribution is 7.92. The monoisotopic (exact) mass is 364 g/mol. The van der Waals surface area contributed by atoms with Crippen LogP contribution in [-0.4, -0.2) is 33.0 Å². The fraction of sp³-hybridized carbons (Fsp3) is 0.188. The van der Waals surface area contributed by atoms with Gasteiger partial charge in [0.05, 0.1) is 28.2 Å². The maximum Gasteiger partial charge on any atom is 0.337 e. The molecule has 2 rings (SSSR count). The van der Waals surface area contributed by atoms with Crippen molar-refractivity contribution < 1.29 is 22.9 Å². The van der Waals surface area contributed by atoms with E-state index in [4.69, 9.17) is 0 Å². The normalized spacial score (nSPS) is 11.0. The van der Waals surface area contributed by atoms with Gasteiger partial charge in [-0.15, -0.1) is 0 Å². The van der Waals surface area contributed by atoms with Crippen LogP contribution in [0.25, 0.3) is 0 Å². The molecule has 0 heterocycles. The van der Waals surface area contributed by atoms with Crippen molar-refractivity contribution in [3.8, 4) is 0 Å². The summed E-state index contributed by atoms with van der Waals surface area (Å²) in [4.78, 5) is 21.5. The van der Waals surface area contributed by atoms with Crippen LogP contribution in [0.2, 0.25) is 0 Å². The Morgan fingerprint density at radius 1 is 1.12 bits per heavy atom. The zero-order chi connectivity index (χ0) is 18.6. The Hall–Kier alpha value is -2.94. The quantitative estimate of drug-likeness (QED) is 0.443. The summed E-state index contributed by atoms with van der Waals surface area (Å²) in [5, 5.41) is 10.7. The maximum absolute atomic E-state index is 12.8. The Kier molecular flexibility index (Phi) is 5.38. The maximum atomic E-state index is 12.8. The highest BCUT2D eigenvalue weighted by atomic mass is 32.2. The van der Waals surface area contributed by atoms with Gasteiger partial charge in [-0.1, -0.05) is 0 Å². The summed E-state index contributed by atoms with van der Waals surface area (Å²) >= 11 is 0. The first-order valence-electron chi connectivity index (χ1n) is 7.26. The van der Waals surface area contributed by atoms with Crippen molar-refractivity contribution in [3.63, 3.8) is 0 Å². The highest BCUT2D eigenvalue weighted by Crippen LogP contribution is 2.25. The number of hydrogen-bond donors (Lipinski definition) is 0. The minimum absolute atomic E-state index is 0.0583. The molecule has 0 saturated carbocycles. The largest absolute Gasteiger partial charge is 0.465 e. The van der Waals surface area contributed by atoms with E-state index >= 15 is 0 Å². The number of esters is 1. The lowest BCUT2D eigenvalue weighted by Gasteiger charge is -2.23. The fourth-order valence-electron chi connectivity index (χ4n) is 2.24. The van der Waals surface area contributed by atoms with E-state index in [1.807, 2.05) is 0 Å². The molecule has 25 heavy (non-hydrogen) atoms. The van der Waals surface area contributed by atoms with Crippen molar-refractivity contribution in [2.45, 2.75) is 11.8 Å². The third kappa shape index (κ3) is 3.77. The summed E-state index contributed by atoms with van der Waals surface area (Å²) in [7, 11) is -2.63. The van der Waals surface area contributed by atoms with Gasteiger partial charge in [0.25, 0.3) is 15.7 Å². The molecule has 2 aromatic rings. The highest BCUT2D eigenvalue weighted by Gasteiger charge is 2.24. The van der Waals surface area contributed by atoms with Crippen molar-refractivity contribution in [1.82, 2.24) is 0 Å². The van der Waals surface area contributed by atoms with E-state index in [-0.39, 0.29) is 17.1 Å². The lowest BCUT2D eigenvalue weighted by molar-refractivity contribution is -0.384. The van der Waals surface area contributed by atoms with Gasteiger partial charge in [-0.3, -0.25) is 14.4 Å². The van der Waals surface area contributed by atoms with Gasteiger partial charge < -0.3 is 4.74 Å². The van der Waals surface area contributed by atoms with Crippen LogP contribution >= 0.6 is 0 Å². The molecule has 9 heteroatoms. The summed E-state index contributed by atoms with van der Waals surface area (Å²) in [6.45, 7) is 1.81. The van der Waals surface area contributed by atoms with Crippen LogP contribution in [0.15, 0.2) is 53.4 Å². The van der Waals surface area contributed by atoms with E-state index < -0.39 is 20.9 Å². The summed E-state index contributed by atoms with van der Waals surface area (Å²) in [5.74, 6) is -0.521. The van der Waals surface area contributed by atoms with Crippen molar-refractivity contribution in [1.29, 1.82) is 0 Å². The van der Waals surface area contributed by atoms with Crippen molar-refractivity contribution in [3.05, 3.63) is 64.2 Å². The number of methoxy groups -OCH3 is 1. The van der Waals surface area contributed by atoms with Gasteiger partial charge in [0.15, 0.2) is 0 Å². The molecule has 0 aliphatic heterocycles. The molecule has 0 amide bonds. The van der Waals surface area contributed by atoms with E-state index in [1.165, 1.54) is 43.5 Å². The Morgan fingerprint density at radius 2 is 1.68 bits per heavy atom. The van der Waals surface area contributed by atoms with E-state index in [0.29, 0.717) is 11.3 Å². The van der Waals surface area contributed by atoms with Crippen LogP contribution in [-0.2, 0) is 14.8 Å². The first-order valence-corrected chi connectivity index (χ1v) is 8.71. The molecule has 8 nitrogen and oxygen atoms in total. The number of ether oxygens (including phenoxy) is 1. The first-order chi connectivity index (χ1) is 11.8. The second-order valence-corrected chi connectivity index (χ2v) is 6.82. The number of carbonyl (C=O) groups excluding carboxylic acids is 1. The number of rotatable bonds is 6. The molecule has 0 bridgehead atoms. The Bertz CT molecular complexity index is 876. The number of benzene rings is 2.